The average Bonchev–Trinajstić information content (AvgIpc) is 2.57. The molecule has 0 radical (unpaired) electrons. The van der Waals surface area contributed by atoms with E-state index in [4.69, 9.17) is 0 Å². The summed E-state index contributed by atoms with van der Waals surface area (Å²) in [6, 6.07) is 12.7. The summed E-state index contributed by atoms with van der Waals surface area (Å²) in [5.41, 5.74) is 1.27. The van der Waals surface area contributed by atoms with Crippen molar-refractivity contribution in [3.8, 4) is 0 Å². The molecule has 0 aliphatic carbocycles. The van der Waals surface area contributed by atoms with Crippen LogP contribution in [-0.2, 0) is 11.2 Å². The van der Waals surface area contributed by atoms with Gasteiger partial charge in [-0.1, -0.05) is 24.3 Å². The molecule has 0 saturated heterocycles. The van der Waals surface area contributed by atoms with Crippen LogP contribution < -0.4 is 4.90 Å². The fraction of sp³-hybridized carbons (Fsp3) is 0.278. The highest BCUT2D eigenvalue weighted by atomic mass is 19.2. The maximum Gasteiger partial charge on any atom is 0.230 e. The second kappa shape index (κ2) is 7.83. The second-order valence-corrected chi connectivity index (χ2v) is 5.39. The van der Waals surface area contributed by atoms with E-state index in [1.54, 1.807) is 7.05 Å². The van der Waals surface area contributed by atoms with Gasteiger partial charge in [-0.25, -0.2) is 8.78 Å². The zero-order valence-electron chi connectivity index (χ0n) is 12.9. The van der Waals surface area contributed by atoms with Gasteiger partial charge in [0.1, 0.15) is 0 Å². The van der Waals surface area contributed by atoms with Crippen molar-refractivity contribution in [3.63, 3.8) is 0 Å². The third kappa shape index (κ3) is 4.36. The van der Waals surface area contributed by atoms with Gasteiger partial charge in [0.2, 0.25) is 5.91 Å². The first-order valence-electron chi connectivity index (χ1n) is 7.40. The third-order valence-corrected chi connectivity index (χ3v) is 3.77. The van der Waals surface area contributed by atoms with Crippen molar-refractivity contribution < 1.29 is 18.7 Å². The van der Waals surface area contributed by atoms with Crippen LogP contribution in [0, 0.1) is 17.6 Å². The van der Waals surface area contributed by atoms with Gasteiger partial charge in [0.05, 0.1) is 0 Å². The molecule has 3 nitrogen and oxygen atoms in total. The zero-order valence-corrected chi connectivity index (χ0v) is 12.9. The predicted octanol–water partition coefficient (Wildman–Crippen LogP) is 3.17. The third-order valence-electron chi connectivity index (χ3n) is 3.77. The van der Waals surface area contributed by atoms with E-state index in [-0.39, 0.29) is 25.4 Å². The number of carbonyl (C=O) groups excluding carboxylic acids is 1. The first kappa shape index (κ1) is 17.1. The topological polar surface area (TPSA) is 40.5 Å². The van der Waals surface area contributed by atoms with Gasteiger partial charge in [-0.15, -0.1) is 0 Å². The summed E-state index contributed by atoms with van der Waals surface area (Å²) in [5.74, 6) is -2.53. The number of rotatable bonds is 6. The molecular weight excluding hydrogens is 300 g/mol. The molecule has 2 rings (SSSR count). The van der Waals surface area contributed by atoms with Crippen LogP contribution in [0.5, 0.6) is 0 Å². The Morgan fingerprint density at radius 3 is 2.43 bits per heavy atom. The summed E-state index contributed by atoms with van der Waals surface area (Å²) in [6.07, 6.45) is 0.503. The molecule has 122 valence electrons. The van der Waals surface area contributed by atoms with Crippen LogP contribution in [0.15, 0.2) is 48.5 Å². The number of hydrogen-bond donors (Lipinski definition) is 1. The number of benzene rings is 2. The van der Waals surface area contributed by atoms with E-state index >= 15 is 0 Å². The maximum atomic E-state index is 13.3. The van der Waals surface area contributed by atoms with E-state index in [1.165, 1.54) is 11.0 Å². The highest BCUT2D eigenvalue weighted by Crippen LogP contribution is 2.20. The minimum absolute atomic E-state index is 0.150. The Bertz CT molecular complexity index is 661. The molecule has 0 aliphatic rings. The molecule has 0 spiro atoms. The lowest BCUT2D eigenvalue weighted by molar-refractivity contribution is -0.122. The standard InChI is InChI=1S/C18H19F2NO2/c1-21(15-5-3-2-4-6-15)18(23)14(9-10-22)11-13-7-8-16(19)17(20)12-13/h2-8,12,14,22H,9-11H2,1H3. The van der Waals surface area contributed by atoms with Gasteiger partial charge in [-0.2, -0.15) is 0 Å². The molecule has 2 aromatic carbocycles. The van der Waals surface area contributed by atoms with E-state index in [0.717, 1.165) is 17.8 Å². The van der Waals surface area contributed by atoms with Crippen molar-refractivity contribution in [3.05, 3.63) is 65.7 Å². The van der Waals surface area contributed by atoms with Gasteiger partial charge in [-0.3, -0.25) is 4.79 Å². The van der Waals surface area contributed by atoms with Crippen molar-refractivity contribution in [1.29, 1.82) is 0 Å². The molecule has 1 atom stereocenters. The molecule has 5 heteroatoms. The first-order valence-corrected chi connectivity index (χ1v) is 7.40. The molecule has 1 N–H and O–H groups in total. The van der Waals surface area contributed by atoms with Crippen LogP contribution in [0.2, 0.25) is 0 Å². The van der Waals surface area contributed by atoms with Crippen LogP contribution in [-0.4, -0.2) is 24.7 Å². The largest absolute Gasteiger partial charge is 0.396 e. The summed E-state index contributed by atoms with van der Waals surface area (Å²) in [5, 5.41) is 9.21. The van der Waals surface area contributed by atoms with E-state index in [0.29, 0.717) is 5.56 Å². The van der Waals surface area contributed by atoms with Gasteiger partial charge in [0.25, 0.3) is 0 Å². The number of para-hydroxylation sites is 1. The quantitative estimate of drug-likeness (QED) is 0.888. The Morgan fingerprint density at radius 2 is 1.83 bits per heavy atom. The van der Waals surface area contributed by atoms with Crippen molar-refractivity contribution in [2.45, 2.75) is 12.8 Å². The molecule has 1 unspecified atom stereocenters. The molecule has 0 bridgehead atoms. The van der Waals surface area contributed by atoms with Crippen LogP contribution in [0.3, 0.4) is 0 Å². The number of aliphatic hydroxyl groups excluding tert-OH is 1. The van der Waals surface area contributed by atoms with E-state index < -0.39 is 17.6 Å². The van der Waals surface area contributed by atoms with Gasteiger partial charge < -0.3 is 10.0 Å². The number of aliphatic hydroxyl groups is 1. The van der Waals surface area contributed by atoms with Crippen molar-refractivity contribution in [2.24, 2.45) is 5.92 Å². The Kier molecular flexibility index (Phi) is 5.82. The fourth-order valence-electron chi connectivity index (χ4n) is 2.47. The lowest BCUT2D eigenvalue weighted by Gasteiger charge is -2.23. The van der Waals surface area contributed by atoms with Crippen molar-refractivity contribution >= 4 is 11.6 Å². The Hall–Kier alpha value is -2.27. The minimum atomic E-state index is -0.936. The second-order valence-electron chi connectivity index (χ2n) is 5.39. The van der Waals surface area contributed by atoms with Gasteiger partial charge >= 0.3 is 0 Å². The molecule has 0 aliphatic heterocycles. The number of hydrogen-bond acceptors (Lipinski definition) is 2. The zero-order chi connectivity index (χ0) is 16.8. The number of amides is 1. The SMILES string of the molecule is CN(C(=O)C(CCO)Cc1ccc(F)c(F)c1)c1ccccc1. The van der Waals surface area contributed by atoms with Gasteiger partial charge in [0.15, 0.2) is 11.6 Å². The first-order chi connectivity index (χ1) is 11.0. The number of halogens is 2. The normalized spacial score (nSPS) is 12.0. The molecule has 0 saturated carbocycles. The predicted molar refractivity (Wildman–Crippen MR) is 85.1 cm³/mol. The monoisotopic (exact) mass is 319 g/mol. The summed E-state index contributed by atoms with van der Waals surface area (Å²) < 4.78 is 26.3. The molecule has 0 fully saturated rings. The summed E-state index contributed by atoms with van der Waals surface area (Å²) in [7, 11) is 1.66. The van der Waals surface area contributed by atoms with E-state index in [2.05, 4.69) is 0 Å². The lowest BCUT2D eigenvalue weighted by atomic mass is 9.94. The minimum Gasteiger partial charge on any atom is -0.396 e. The van der Waals surface area contributed by atoms with Crippen LogP contribution in [0.1, 0.15) is 12.0 Å². The Balaban J connectivity index is 2.16. The smallest absolute Gasteiger partial charge is 0.230 e. The maximum absolute atomic E-state index is 13.3. The number of anilines is 1. The Labute approximate surface area is 134 Å². The number of nitrogens with zero attached hydrogens (tertiary/aromatic N) is 1. The van der Waals surface area contributed by atoms with Crippen LogP contribution in [0.25, 0.3) is 0 Å². The molecule has 1 amide bonds. The fourth-order valence-corrected chi connectivity index (χ4v) is 2.47. The van der Waals surface area contributed by atoms with Crippen LogP contribution >= 0.6 is 0 Å². The number of carbonyl (C=O) groups is 1. The lowest BCUT2D eigenvalue weighted by Crippen LogP contribution is -2.34. The summed E-state index contributed by atoms with van der Waals surface area (Å²) in [6.45, 7) is -0.150. The molecule has 0 aromatic heterocycles. The summed E-state index contributed by atoms with van der Waals surface area (Å²) >= 11 is 0. The van der Waals surface area contributed by atoms with Crippen LogP contribution in [0.4, 0.5) is 14.5 Å². The average molecular weight is 319 g/mol. The Morgan fingerprint density at radius 1 is 1.13 bits per heavy atom. The highest BCUT2D eigenvalue weighted by Gasteiger charge is 2.23. The van der Waals surface area contributed by atoms with Crippen molar-refractivity contribution in [1.82, 2.24) is 0 Å². The molecule has 0 heterocycles. The molecule has 23 heavy (non-hydrogen) atoms. The molecular formula is C18H19F2NO2. The van der Waals surface area contributed by atoms with Gasteiger partial charge in [0, 0.05) is 25.3 Å². The summed E-state index contributed by atoms with van der Waals surface area (Å²) in [4.78, 5) is 14.2. The molecule has 2 aromatic rings. The van der Waals surface area contributed by atoms with Gasteiger partial charge in [-0.05, 0) is 42.7 Å². The highest BCUT2D eigenvalue weighted by molar-refractivity contribution is 5.94. The van der Waals surface area contributed by atoms with Crippen molar-refractivity contribution in [2.75, 3.05) is 18.6 Å². The van der Waals surface area contributed by atoms with E-state index in [9.17, 15) is 18.7 Å². The van der Waals surface area contributed by atoms with E-state index in [1.807, 2.05) is 30.3 Å².